The summed E-state index contributed by atoms with van der Waals surface area (Å²) in [6, 6.07) is 16.2. The summed E-state index contributed by atoms with van der Waals surface area (Å²) in [4.78, 5) is 22.3. The second-order valence-corrected chi connectivity index (χ2v) is 10.5. The van der Waals surface area contributed by atoms with E-state index in [-0.39, 0.29) is 11.3 Å². The molecular weight excluding hydrogens is 452 g/mol. The minimum absolute atomic E-state index is 0.0563. The molecule has 7 heteroatoms. The van der Waals surface area contributed by atoms with E-state index in [0.29, 0.717) is 23.9 Å². The van der Waals surface area contributed by atoms with Crippen LogP contribution >= 0.6 is 0 Å². The molecule has 192 valence electrons. The lowest BCUT2D eigenvalue weighted by molar-refractivity contribution is 0.0374. The zero-order valence-electron chi connectivity index (χ0n) is 22.1. The van der Waals surface area contributed by atoms with Gasteiger partial charge in [0.1, 0.15) is 0 Å². The van der Waals surface area contributed by atoms with Crippen molar-refractivity contribution in [3.8, 4) is 22.8 Å². The summed E-state index contributed by atoms with van der Waals surface area (Å²) in [5.41, 5.74) is 4.35. The third kappa shape index (κ3) is 6.33. The highest BCUT2D eigenvalue weighted by atomic mass is 16.5. The predicted octanol–water partition coefficient (Wildman–Crippen LogP) is 4.82. The van der Waals surface area contributed by atoms with Crippen LogP contribution < -0.4 is 10.2 Å². The van der Waals surface area contributed by atoms with Gasteiger partial charge in [0.05, 0.1) is 13.2 Å². The quantitative estimate of drug-likeness (QED) is 0.457. The highest BCUT2D eigenvalue weighted by molar-refractivity contribution is 5.98. The van der Waals surface area contributed by atoms with E-state index in [0.717, 1.165) is 56.1 Å². The number of oxazole rings is 1. The van der Waals surface area contributed by atoms with Crippen molar-refractivity contribution in [2.45, 2.75) is 32.6 Å². The summed E-state index contributed by atoms with van der Waals surface area (Å²) in [6.45, 7) is 11.5. The molecule has 1 N–H and O–H groups in total. The maximum absolute atomic E-state index is 13.2. The molecule has 1 fully saturated rings. The summed E-state index contributed by atoms with van der Waals surface area (Å²) >= 11 is 0. The lowest BCUT2D eigenvalue weighted by atomic mass is 9.87. The topological polar surface area (TPSA) is 70.8 Å². The number of carbonyl (C=O) groups is 1. The maximum Gasteiger partial charge on any atom is 0.273 e. The Balaban J connectivity index is 1.55. The molecule has 36 heavy (non-hydrogen) atoms. The van der Waals surface area contributed by atoms with Gasteiger partial charge in [-0.15, -0.1) is 0 Å². The van der Waals surface area contributed by atoms with Crippen molar-refractivity contribution in [3.63, 3.8) is 0 Å². The summed E-state index contributed by atoms with van der Waals surface area (Å²) in [6.07, 6.45) is 0.873. The van der Waals surface area contributed by atoms with Gasteiger partial charge in [0.15, 0.2) is 11.5 Å². The number of hydrogen-bond donors (Lipinski definition) is 1. The Morgan fingerprint density at radius 2 is 1.64 bits per heavy atom. The summed E-state index contributed by atoms with van der Waals surface area (Å²) < 4.78 is 11.6. The first-order chi connectivity index (χ1) is 17.2. The van der Waals surface area contributed by atoms with Crippen LogP contribution in [0.15, 0.2) is 52.9 Å². The highest BCUT2D eigenvalue weighted by Crippen LogP contribution is 2.32. The fraction of sp³-hybridized carbons (Fsp3) is 0.448. The number of anilines is 1. The first-order valence-electron chi connectivity index (χ1n) is 12.7. The largest absolute Gasteiger partial charge is 0.435 e. The van der Waals surface area contributed by atoms with Crippen molar-refractivity contribution in [2.24, 2.45) is 0 Å². The minimum atomic E-state index is -0.218. The monoisotopic (exact) mass is 490 g/mol. The molecule has 0 spiro atoms. The molecule has 0 atom stereocenters. The third-order valence-corrected chi connectivity index (χ3v) is 6.53. The number of nitrogens with zero attached hydrogens (tertiary/aromatic N) is 3. The van der Waals surface area contributed by atoms with Gasteiger partial charge >= 0.3 is 0 Å². The first-order valence-corrected chi connectivity index (χ1v) is 12.7. The van der Waals surface area contributed by atoms with E-state index in [1.807, 2.05) is 55.4 Å². The van der Waals surface area contributed by atoms with Crippen molar-refractivity contribution in [1.29, 1.82) is 0 Å². The van der Waals surface area contributed by atoms with E-state index in [4.69, 9.17) is 9.15 Å². The van der Waals surface area contributed by atoms with Gasteiger partial charge in [0.2, 0.25) is 5.89 Å². The molecule has 0 unspecified atom stereocenters. The van der Waals surface area contributed by atoms with Crippen molar-refractivity contribution < 1.29 is 13.9 Å². The molecule has 0 radical (unpaired) electrons. The lowest BCUT2D eigenvalue weighted by Gasteiger charge is -2.26. The van der Waals surface area contributed by atoms with Gasteiger partial charge in [-0.05, 0) is 60.3 Å². The van der Waals surface area contributed by atoms with Crippen LogP contribution in [0.25, 0.3) is 22.8 Å². The number of amides is 1. The molecule has 0 bridgehead atoms. The van der Waals surface area contributed by atoms with Crippen LogP contribution in [0.4, 0.5) is 5.69 Å². The van der Waals surface area contributed by atoms with Gasteiger partial charge in [0, 0.05) is 50.5 Å². The van der Waals surface area contributed by atoms with E-state index < -0.39 is 0 Å². The van der Waals surface area contributed by atoms with Crippen molar-refractivity contribution in [3.05, 3.63) is 59.8 Å². The molecule has 0 aliphatic carbocycles. The number of nitrogens with one attached hydrogen (secondary N) is 1. The summed E-state index contributed by atoms with van der Waals surface area (Å²) in [5, 5.41) is 3.04. The number of benzene rings is 2. The van der Waals surface area contributed by atoms with Crippen LogP contribution in [0.1, 0.15) is 43.2 Å². The van der Waals surface area contributed by atoms with Crippen LogP contribution in [0.3, 0.4) is 0 Å². The molecule has 3 aromatic rings. The van der Waals surface area contributed by atoms with Crippen LogP contribution in [0, 0.1) is 0 Å². The number of rotatable bonds is 8. The summed E-state index contributed by atoms with van der Waals surface area (Å²) in [5.74, 6) is 0.714. The average molecular weight is 491 g/mol. The number of carbonyl (C=O) groups excluding carboxylic acids is 1. The zero-order chi connectivity index (χ0) is 25.7. The van der Waals surface area contributed by atoms with Gasteiger partial charge in [-0.25, -0.2) is 4.98 Å². The van der Waals surface area contributed by atoms with Crippen LogP contribution in [0.2, 0.25) is 0 Å². The van der Waals surface area contributed by atoms with Crippen LogP contribution in [-0.4, -0.2) is 69.3 Å². The molecule has 1 aromatic heterocycles. The zero-order valence-corrected chi connectivity index (χ0v) is 22.1. The molecule has 1 aliphatic rings. The number of morpholine rings is 1. The second kappa shape index (κ2) is 11.3. The minimum Gasteiger partial charge on any atom is -0.435 e. The Labute approximate surface area is 214 Å². The Hall–Kier alpha value is -3.16. The second-order valence-electron chi connectivity index (χ2n) is 10.5. The summed E-state index contributed by atoms with van der Waals surface area (Å²) in [7, 11) is 4.00. The third-order valence-electron chi connectivity index (χ3n) is 6.53. The first kappa shape index (κ1) is 25.9. The van der Waals surface area contributed by atoms with Gasteiger partial charge in [-0.3, -0.25) is 9.69 Å². The standard InChI is InChI=1S/C29H38N4O3/c1-29(2,3)23-11-7-22(8-12-23)28-31-25(26(36-28)21-9-13-24(14-10-21)32(4)5)27(34)30-15-6-16-33-17-19-35-20-18-33/h7-14H,6,15-20H2,1-5H3,(H,30,34). The van der Waals surface area contributed by atoms with E-state index in [2.05, 4.69) is 48.1 Å². The Bertz CT molecular complexity index is 1140. The Morgan fingerprint density at radius 3 is 2.25 bits per heavy atom. The molecule has 1 amide bonds. The molecule has 1 aliphatic heterocycles. The van der Waals surface area contributed by atoms with E-state index >= 15 is 0 Å². The molecule has 7 nitrogen and oxygen atoms in total. The molecular formula is C29H38N4O3. The highest BCUT2D eigenvalue weighted by Gasteiger charge is 2.23. The van der Waals surface area contributed by atoms with E-state index in [1.54, 1.807) is 0 Å². The SMILES string of the molecule is CN(C)c1ccc(-c2oc(-c3ccc(C(C)(C)C)cc3)nc2C(=O)NCCCN2CCOCC2)cc1. The van der Waals surface area contributed by atoms with Gasteiger partial charge in [0.25, 0.3) is 5.91 Å². The van der Waals surface area contributed by atoms with Gasteiger partial charge < -0.3 is 19.4 Å². The Morgan fingerprint density at radius 1 is 1.00 bits per heavy atom. The molecule has 2 heterocycles. The molecule has 0 saturated carbocycles. The maximum atomic E-state index is 13.2. The smallest absolute Gasteiger partial charge is 0.273 e. The number of ether oxygens (including phenoxy) is 1. The average Bonchev–Trinajstić information content (AvgIpc) is 3.32. The fourth-order valence-electron chi connectivity index (χ4n) is 4.23. The Kier molecular flexibility index (Phi) is 8.11. The van der Waals surface area contributed by atoms with Gasteiger partial charge in [-0.1, -0.05) is 32.9 Å². The molecule has 2 aromatic carbocycles. The normalized spacial score (nSPS) is 14.6. The van der Waals surface area contributed by atoms with Gasteiger partial charge in [-0.2, -0.15) is 0 Å². The van der Waals surface area contributed by atoms with E-state index in [1.165, 1.54) is 5.56 Å². The van der Waals surface area contributed by atoms with Crippen LogP contribution in [0.5, 0.6) is 0 Å². The van der Waals surface area contributed by atoms with Crippen molar-refractivity contribution >= 4 is 11.6 Å². The fourth-order valence-corrected chi connectivity index (χ4v) is 4.23. The number of aromatic nitrogens is 1. The van der Waals surface area contributed by atoms with Crippen molar-refractivity contribution in [1.82, 2.24) is 15.2 Å². The lowest BCUT2D eigenvalue weighted by Crippen LogP contribution is -2.38. The molecule has 4 rings (SSSR count). The van der Waals surface area contributed by atoms with Crippen molar-refractivity contribution in [2.75, 3.05) is 58.4 Å². The number of hydrogen-bond acceptors (Lipinski definition) is 6. The van der Waals surface area contributed by atoms with E-state index in [9.17, 15) is 4.79 Å². The predicted molar refractivity (Wildman–Crippen MR) is 145 cm³/mol. The molecule has 1 saturated heterocycles. The van der Waals surface area contributed by atoms with Crippen LogP contribution in [-0.2, 0) is 10.2 Å².